The predicted molar refractivity (Wildman–Crippen MR) is 108 cm³/mol. The highest BCUT2D eigenvalue weighted by atomic mass is 16.1. The highest BCUT2D eigenvalue weighted by Crippen LogP contribution is 2.35. The summed E-state index contributed by atoms with van der Waals surface area (Å²) in [5, 5.41) is 10.4. The molecule has 2 N–H and O–H groups in total. The molecule has 1 aliphatic heterocycles. The summed E-state index contributed by atoms with van der Waals surface area (Å²) >= 11 is 0. The molecular weight excluding hydrogens is 352 g/mol. The predicted octanol–water partition coefficient (Wildman–Crippen LogP) is 3.72. The van der Waals surface area contributed by atoms with Crippen molar-refractivity contribution in [3.63, 3.8) is 0 Å². The minimum atomic E-state index is -0.372. The number of rotatable bonds is 4. The van der Waals surface area contributed by atoms with E-state index in [1.54, 1.807) is 16.9 Å². The van der Waals surface area contributed by atoms with Crippen LogP contribution in [0.1, 0.15) is 43.9 Å². The largest absolute Gasteiger partial charge is 0.328 e. The van der Waals surface area contributed by atoms with Crippen molar-refractivity contribution in [3.8, 4) is 0 Å². The summed E-state index contributed by atoms with van der Waals surface area (Å²) in [6.07, 6.45) is 3.14. The van der Waals surface area contributed by atoms with E-state index in [-0.39, 0.29) is 11.9 Å². The third-order valence-corrected chi connectivity index (χ3v) is 4.86. The smallest absolute Gasteiger partial charge is 0.257 e. The molecule has 3 aromatic rings. The van der Waals surface area contributed by atoms with E-state index in [2.05, 4.69) is 63.8 Å². The summed E-state index contributed by atoms with van der Waals surface area (Å²) in [5.74, 6) is 1.34. The molecule has 0 saturated heterocycles. The van der Waals surface area contributed by atoms with E-state index in [9.17, 15) is 4.79 Å². The van der Waals surface area contributed by atoms with Crippen LogP contribution in [0.4, 0.5) is 11.8 Å². The Balaban J connectivity index is 1.75. The van der Waals surface area contributed by atoms with E-state index in [1.165, 1.54) is 11.9 Å². The average molecular weight is 374 g/mol. The molecule has 2 aromatic heterocycles. The second kappa shape index (κ2) is 7.26. The summed E-state index contributed by atoms with van der Waals surface area (Å²) in [6.45, 7) is 6.19. The summed E-state index contributed by atoms with van der Waals surface area (Å²) in [5.41, 5.74) is 3.55. The number of hydrogen-bond donors (Lipinski definition) is 2. The van der Waals surface area contributed by atoms with Crippen molar-refractivity contribution < 1.29 is 4.79 Å². The number of carbonyl (C=O) groups is 1. The second-order valence-electron chi connectivity index (χ2n) is 7.08. The van der Waals surface area contributed by atoms with Gasteiger partial charge in [-0.05, 0) is 36.1 Å². The standard InChI is InChI=1S/C21H22N6O/c1-13(2)15-7-9-16(10-8-15)19-18(14(3)25-21-23-12-24-27(19)21)20(28)26-17-6-4-5-11-22-17/h4-13,19H,1-3H3,(H,22,26,28)(H,23,24,25). The molecule has 1 atom stereocenters. The molecule has 3 heterocycles. The summed E-state index contributed by atoms with van der Waals surface area (Å²) in [4.78, 5) is 21.6. The van der Waals surface area contributed by atoms with Crippen LogP contribution in [-0.4, -0.2) is 25.7 Å². The van der Waals surface area contributed by atoms with Crippen LogP contribution >= 0.6 is 0 Å². The minimum absolute atomic E-state index is 0.220. The molecule has 1 aliphatic rings. The van der Waals surface area contributed by atoms with E-state index in [4.69, 9.17) is 0 Å². The molecule has 7 nitrogen and oxygen atoms in total. The van der Waals surface area contributed by atoms with Crippen molar-refractivity contribution in [3.05, 3.63) is 77.4 Å². The van der Waals surface area contributed by atoms with Crippen molar-refractivity contribution in [1.29, 1.82) is 0 Å². The lowest BCUT2D eigenvalue weighted by atomic mass is 9.93. The van der Waals surface area contributed by atoms with Gasteiger partial charge < -0.3 is 10.6 Å². The first-order chi connectivity index (χ1) is 13.5. The highest BCUT2D eigenvalue weighted by Gasteiger charge is 2.33. The molecule has 1 unspecified atom stereocenters. The van der Waals surface area contributed by atoms with E-state index in [1.807, 2.05) is 19.1 Å². The number of fused-ring (bicyclic) bond motifs is 1. The lowest BCUT2D eigenvalue weighted by Gasteiger charge is -2.28. The summed E-state index contributed by atoms with van der Waals surface area (Å²) < 4.78 is 1.74. The van der Waals surface area contributed by atoms with Crippen LogP contribution in [-0.2, 0) is 4.79 Å². The quantitative estimate of drug-likeness (QED) is 0.727. The fourth-order valence-electron chi connectivity index (χ4n) is 3.38. The molecule has 4 rings (SSSR count). The molecule has 28 heavy (non-hydrogen) atoms. The lowest BCUT2D eigenvalue weighted by molar-refractivity contribution is -0.113. The number of benzene rings is 1. The Morgan fingerprint density at radius 1 is 1.14 bits per heavy atom. The Bertz CT molecular complexity index is 1020. The number of anilines is 2. The zero-order chi connectivity index (χ0) is 19.7. The second-order valence-corrected chi connectivity index (χ2v) is 7.08. The topological polar surface area (TPSA) is 84.7 Å². The highest BCUT2D eigenvalue weighted by molar-refractivity contribution is 6.05. The zero-order valence-corrected chi connectivity index (χ0v) is 16.0. The number of pyridine rings is 1. The van der Waals surface area contributed by atoms with Crippen molar-refractivity contribution in [2.24, 2.45) is 0 Å². The van der Waals surface area contributed by atoms with Crippen molar-refractivity contribution in [2.45, 2.75) is 32.7 Å². The van der Waals surface area contributed by atoms with Crippen LogP contribution in [0.2, 0.25) is 0 Å². The Morgan fingerprint density at radius 2 is 1.93 bits per heavy atom. The minimum Gasteiger partial charge on any atom is -0.328 e. The van der Waals surface area contributed by atoms with Crippen molar-refractivity contribution in [2.75, 3.05) is 10.6 Å². The fourth-order valence-corrected chi connectivity index (χ4v) is 3.38. The van der Waals surface area contributed by atoms with Gasteiger partial charge in [-0.2, -0.15) is 10.1 Å². The van der Waals surface area contributed by atoms with Crippen LogP contribution in [0, 0.1) is 0 Å². The molecule has 0 spiro atoms. The number of aromatic nitrogens is 4. The van der Waals surface area contributed by atoms with Crippen LogP contribution in [0.5, 0.6) is 0 Å². The van der Waals surface area contributed by atoms with Gasteiger partial charge in [-0.25, -0.2) is 9.67 Å². The molecule has 7 heteroatoms. The van der Waals surface area contributed by atoms with E-state index in [0.29, 0.717) is 23.3 Å². The third-order valence-electron chi connectivity index (χ3n) is 4.86. The maximum Gasteiger partial charge on any atom is 0.257 e. The van der Waals surface area contributed by atoms with Gasteiger partial charge in [0.2, 0.25) is 5.95 Å². The third kappa shape index (κ3) is 3.26. The molecule has 1 aromatic carbocycles. The Labute approximate surface area is 163 Å². The summed E-state index contributed by atoms with van der Waals surface area (Å²) in [7, 11) is 0. The molecule has 0 saturated carbocycles. The van der Waals surface area contributed by atoms with Gasteiger partial charge in [-0.15, -0.1) is 0 Å². The lowest BCUT2D eigenvalue weighted by Crippen LogP contribution is -2.31. The van der Waals surface area contributed by atoms with Gasteiger partial charge in [0.25, 0.3) is 5.91 Å². The Morgan fingerprint density at radius 3 is 2.61 bits per heavy atom. The molecule has 0 aliphatic carbocycles. The first-order valence-electron chi connectivity index (χ1n) is 9.24. The fraction of sp³-hybridized carbons (Fsp3) is 0.238. The molecule has 0 bridgehead atoms. The van der Waals surface area contributed by atoms with Gasteiger partial charge in [-0.3, -0.25) is 4.79 Å². The van der Waals surface area contributed by atoms with Gasteiger partial charge in [0.15, 0.2) is 0 Å². The maximum atomic E-state index is 13.2. The first kappa shape index (κ1) is 17.9. The molecule has 1 amide bonds. The van der Waals surface area contributed by atoms with Gasteiger partial charge in [-0.1, -0.05) is 44.2 Å². The number of nitrogens with one attached hydrogen (secondary N) is 2. The van der Waals surface area contributed by atoms with E-state index >= 15 is 0 Å². The first-order valence-corrected chi connectivity index (χ1v) is 9.24. The van der Waals surface area contributed by atoms with Crippen molar-refractivity contribution in [1.82, 2.24) is 19.7 Å². The molecular formula is C21H22N6O. The number of amides is 1. The number of hydrogen-bond acceptors (Lipinski definition) is 5. The van der Waals surface area contributed by atoms with Gasteiger partial charge in [0, 0.05) is 11.9 Å². The molecule has 142 valence electrons. The number of carbonyl (C=O) groups excluding carboxylic acids is 1. The Kier molecular flexibility index (Phi) is 4.65. The molecule has 0 radical (unpaired) electrons. The number of nitrogens with zero attached hydrogens (tertiary/aromatic N) is 4. The average Bonchev–Trinajstić information content (AvgIpc) is 3.15. The van der Waals surface area contributed by atoms with Gasteiger partial charge >= 0.3 is 0 Å². The summed E-state index contributed by atoms with van der Waals surface area (Å²) in [6, 6.07) is 13.3. The van der Waals surface area contributed by atoms with Gasteiger partial charge in [0.1, 0.15) is 18.2 Å². The number of allylic oxidation sites excluding steroid dienone is 1. The Hall–Kier alpha value is -3.48. The SMILES string of the molecule is CC1=C(C(=O)Nc2ccccn2)C(c2ccc(C(C)C)cc2)n2ncnc2N1. The van der Waals surface area contributed by atoms with Crippen LogP contribution < -0.4 is 10.6 Å². The zero-order valence-electron chi connectivity index (χ0n) is 16.0. The van der Waals surface area contributed by atoms with Crippen LogP contribution in [0.25, 0.3) is 0 Å². The molecule has 0 fully saturated rings. The maximum absolute atomic E-state index is 13.2. The van der Waals surface area contributed by atoms with E-state index < -0.39 is 0 Å². The normalized spacial score (nSPS) is 15.9. The van der Waals surface area contributed by atoms with Crippen molar-refractivity contribution >= 4 is 17.7 Å². The van der Waals surface area contributed by atoms with E-state index in [0.717, 1.165) is 11.3 Å². The van der Waals surface area contributed by atoms with Crippen LogP contribution in [0.3, 0.4) is 0 Å². The van der Waals surface area contributed by atoms with Crippen LogP contribution in [0.15, 0.2) is 66.3 Å². The monoisotopic (exact) mass is 374 g/mol. The van der Waals surface area contributed by atoms with Gasteiger partial charge in [0.05, 0.1) is 5.57 Å².